The average molecular weight is 391 g/mol. The lowest BCUT2D eigenvalue weighted by molar-refractivity contribution is 0.216. The van der Waals surface area contributed by atoms with E-state index in [0.29, 0.717) is 6.54 Å². The maximum Gasteiger partial charge on any atom is 0.145 e. The second-order valence-electron chi connectivity index (χ2n) is 3.92. The molecule has 1 unspecified atom stereocenters. The van der Waals surface area contributed by atoms with Gasteiger partial charge in [-0.15, -0.1) is 11.3 Å². The highest BCUT2D eigenvalue weighted by molar-refractivity contribution is 9.11. The van der Waals surface area contributed by atoms with Crippen LogP contribution in [0.15, 0.2) is 38.6 Å². The zero-order valence-electron chi connectivity index (χ0n) is 9.82. The van der Waals surface area contributed by atoms with E-state index in [9.17, 15) is 0 Å². The van der Waals surface area contributed by atoms with Crippen LogP contribution in [0.4, 0.5) is 0 Å². The van der Waals surface area contributed by atoms with Crippen molar-refractivity contribution in [3.63, 3.8) is 0 Å². The molecule has 18 heavy (non-hydrogen) atoms. The fraction of sp³-hybridized carbons (Fsp3) is 0.231. The summed E-state index contributed by atoms with van der Waals surface area (Å²) in [5.41, 5.74) is 6.98. The Bertz CT molecular complexity index is 542. The molecular formula is C13H13Br2NOS. The Morgan fingerprint density at radius 1 is 1.28 bits per heavy atom. The first kappa shape index (κ1) is 14.1. The number of hydrogen-bond donors (Lipinski definition) is 1. The second-order valence-corrected chi connectivity index (χ2v) is 7.27. The molecule has 2 N–H and O–H groups in total. The lowest BCUT2D eigenvalue weighted by Gasteiger charge is -2.17. The minimum Gasteiger partial charge on any atom is -0.482 e. The van der Waals surface area contributed by atoms with Crippen molar-refractivity contribution in [1.82, 2.24) is 0 Å². The van der Waals surface area contributed by atoms with Crippen LogP contribution in [0.25, 0.3) is 0 Å². The summed E-state index contributed by atoms with van der Waals surface area (Å²) < 4.78 is 8.01. The van der Waals surface area contributed by atoms with E-state index in [1.165, 1.54) is 5.56 Å². The van der Waals surface area contributed by atoms with Crippen LogP contribution in [0, 0.1) is 6.92 Å². The summed E-state index contributed by atoms with van der Waals surface area (Å²) in [4.78, 5) is 1.12. The molecule has 5 heteroatoms. The van der Waals surface area contributed by atoms with Crippen molar-refractivity contribution in [2.24, 2.45) is 5.73 Å². The van der Waals surface area contributed by atoms with Crippen molar-refractivity contribution < 1.29 is 4.74 Å². The third-order valence-corrected chi connectivity index (χ3v) is 4.82. The van der Waals surface area contributed by atoms with Crippen LogP contribution in [0.1, 0.15) is 16.5 Å². The number of benzene rings is 1. The first-order valence-corrected chi connectivity index (χ1v) is 7.88. The minimum absolute atomic E-state index is 0.111. The maximum absolute atomic E-state index is 5.97. The van der Waals surface area contributed by atoms with Gasteiger partial charge in [-0.25, -0.2) is 0 Å². The normalized spacial score (nSPS) is 12.4. The lowest BCUT2D eigenvalue weighted by Crippen LogP contribution is -2.17. The number of ether oxygens (including phenoxy) is 1. The minimum atomic E-state index is -0.111. The Morgan fingerprint density at radius 3 is 2.61 bits per heavy atom. The van der Waals surface area contributed by atoms with Crippen molar-refractivity contribution in [2.75, 3.05) is 6.54 Å². The molecular weight excluding hydrogens is 378 g/mol. The van der Waals surface area contributed by atoms with Crippen LogP contribution < -0.4 is 10.5 Å². The van der Waals surface area contributed by atoms with E-state index in [1.54, 1.807) is 11.3 Å². The zero-order valence-corrected chi connectivity index (χ0v) is 13.8. The predicted octanol–water partition coefficient (Wildman–Crippen LogP) is 4.66. The smallest absolute Gasteiger partial charge is 0.145 e. The largest absolute Gasteiger partial charge is 0.482 e. The lowest BCUT2D eigenvalue weighted by atomic mass is 10.2. The highest BCUT2D eigenvalue weighted by Gasteiger charge is 2.15. The van der Waals surface area contributed by atoms with Crippen molar-refractivity contribution >= 4 is 43.2 Å². The Balaban J connectivity index is 2.20. The van der Waals surface area contributed by atoms with Gasteiger partial charge < -0.3 is 10.5 Å². The van der Waals surface area contributed by atoms with Crippen molar-refractivity contribution in [3.05, 3.63) is 49.0 Å². The van der Waals surface area contributed by atoms with Crippen LogP contribution in [-0.2, 0) is 0 Å². The molecule has 0 amide bonds. The van der Waals surface area contributed by atoms with Gasteiger partial charge in [-0.05, 0) is 68.6 Å². The van der Waals surface area contributed by atoms with E-state index in [1.807, 2.05) is 37.3 Å². The molecule has 0 fully saturated rings. The summed E-state index contributed by atoms with van der Waals surface area (Å²) in [5.74, 6) is 0.820. The van der Waals surface area contributed by atoms with Gasteiger partial charge in [0.2, 0.25) is 0 Å². The fourth-order valence-corrected chi connectivity index (χ4v) is 3.63. The van der Waals surface area contributed by atoms with Crippen LogP contribution in [0.3, 0.4) is 0 Å². The van der Waals surface area contributed by atoms with Crippen LogP contribution in [-0.4, -0.2) is 6.54 Å². The third kappa shape index (κ3) is 3.35. The van der Waals surface area contributed by atoms with Gasteiger partial charge in [0.15, 0.2) is 0 Å². The van der Waals surface area contributed by atoms with E-state index < -0.39 is 0 Å². The van der Waals surface area contributed by atoms with Gasteiger partial charge in [-0.1, -0.05) is 6.07 Å². The molecule has 1 aromatic heterocycles. The summed E-state index contributed by atoms with van der Waals surface area (Å²) >= 11 is 8.61. The molecule has 0 aliphatic heterocycles. The van der Waals surface area contributed by atoms with Gasteiger partial charge in [0.05, 0.1) is 8.26 Å². The molecule has 0 aliphatic carbocycles. The summed E-state index contributed by atoms with van der Waals surface area (Å²) in [6.45, 7) is 2.50. The number of thiophene rings is 1. The summed E-state index contributed by atoms with van der Waals surface area (Å²) in [5, 5.41) is 0. The average Bonchev–Trinajstić information content (AvgIpc) is 2.75. The highest BCUT2D eigenvalue weighted by atomic mass is 79.9. The SMILES string of the molecule is Cc1ccc(OC(CN)c2ccc(Br)s2)c(Br)c1. The number of aryl methyl sites for hydroxylation is 1. The molecule has 0 saturated carbocycles. The molecule has 0 radical (unpaired) electrons. The standard InChI is InChI=1S/C13H13Br2NOS/c1-8-2-3-10(9(14)6-8)17-11(7-16)12-4-5-13(15)18-12/h2-6,11H,7,16H2,1H3. The Morgan fingerprint density at radius 2 is 2.06 bits per heavy atom. The van der Waals surface area contributed by atoms with Crippen LogP contribution in [0.5, 0.6) is 5.75 Å². The van der Waals surface area contributed by atoms with Gasteiger partial charge >= 0.3 is 0 Å². The molecule has 0 bridgehead atoms. The van der Waals surface area contributed by atoms with E-state index in [0.717, 1.165) is 18.9 Å². The number of nitrogens with two attached hydrogens (primary N) is 1. The topological polar surface area (TPSA) is 35.2 Å². The number of hydrogen-bond acceptors (Lipinski definition) is 3. The Hall–Kier alpha value is -0.360. The quantitative estimate of drug-likeness (QED) is 0.823. The second kappa shape index (κ2) is 6.19. The molecule has 1 aromatic carbocycles. The monoisotopic (exact) mass is 389 g/mol. The van der Waals surface area contributed by atoms with Crippen LogP contribution in [0.2, 0.25) is 0 Å². The van der Waals surface area contributed by atoms with Crippen molar-refractivity contribution in [3.8, 4) is 5.75 Å². The Labute approximate surface area is 127 Å². The fourth-order valence-electron chi connectivity index (χ4n) is 1.58. The van der Waals surface area contributed by atoms with Gasteiger partial charge in [-0.3, -0.25) is 0 Å². The molecule has 2 aromatic rings. The Kier molecular flexibility index (Phi) is 4.84. The predicted molar refractivity (Wildman–Crippen MR) is 83.3 cm³/mol. The van der Waals surface area contributed by atoms with E-state index in [4.69, 9.17) is 10.5 Å². The molecule has 0 spiro atoms. The van der Waals surface area contributed by atoms with Gasteiger partial charge in [0, 0.05) is 11.4 Å². The number of halogens is 2. The van der Waals surface area contributed by atoms with E-state index >= 15 is 0 Å². The van der Waals surface area contributed by atoms with Gasteiger partial charge in [-0.2, -0.15) is 0 Å². The molecule has 0 aliphatic rings. The van der Waals surface area contributed by atoms with Gasteiger partial charge in [0.25, 0.3) is 0 Å². The molecule has 2 rings (SSSR count). The molecule has 2 nitrogen and oxygen atoms in total. The maximum atomic E-state index is 5.97. The molecule has 96 valence electrons. The highest BCUT2D eigenvalue weighted by Crippen LogP contribution is 2.33. The van der Waals surface area contributed by atoms with Crippen molar-refractivity contribution in [1.29, 1.82) is 0 Å². The van der Waals surface area contributed by atoms with E-state index in [2.05, 4.69) is 31.9 Å². The van der Waals surface area contributed by atoms with Gasteiger partial charge in [0.1, 0.15) is 11.9 Å². The molecule has 0 saturated heterocycles. The molecule has 1 atom stereocenters. The number of rotatable bonds is 4. The summed E-state index contributed by atoms with van der Waals surface area (Å²) in [6.07, 6.45) is -0.111. The molecule has 1 heterocycles. The zero-order chi connectivity index (χ0) is 13.1. The summed E-state index contributed by atoms with van der Waals surface area (Å²) in [6, 6.07) is 10.1. The summed E-state index contributed by atoms with van der Waals surface area (Å²) in [7, 11) is 0. The van der Waals surface area contributed by atoms with E-state index in [-0.39, 0.29) is 6.10 Å². The van der Waals surface area contributed by atoms with Crippen LogP contribution >= 0.6 is 43.2 Å². The van der Waals surface area contributed by atoms with Crippen molar-refractivity contribution in [2.45, 2.75) is 13.0 Å². The third-order valence-electron chi connectivity index (χ3n) is 2.48. The first-order valence-electron chi connectivity index (χ1n) is 5.48. The first-order chi connectivity index (χ1) is 8.60.